The summed E-state index contributed by atoms with van der Waals surface area (Å²) in [5, 5.41) is 16.9. The lowest BCUT2D eigenvalue weighted by Crippen LogP contribution is -2.49. The average Bonchev–Trinajstić information content (AvgIpc) is 3.34. The highest BCUT2D eigenvalue weighted by molar-refractivity contribution is 14.0. The quantitative estimate of drug-likeness (QED) is 0.259. The van der Waals surface area contributed by atoms with E-state index in [0.717, 1.165) is 18.9 Å². The molecule has 1 aliphatic heterocycles. The largest absolute Gasteiger partial charge is 0.466 e. The van der Waals surface area contributed by atoms with Crippen LogP contribution in [0.1, 0.15) is 26.0 Å². The summed E-state index contributed by atoms with van der Waals surface area (Å²) < 4.78 is 5.29. The summed E-state index contributed by atoms with van der Waals surface area (Å²) in [5.41, 5.74) is -1.20. The molecule has 0 bridgehead atoms. The van der Waals surface area contributed by atoms with E-state index in [2.05, 4.69) is 25.5 Å². The van der Waals surface area contributed by atoms with Gasteiger partial charge < -0.3 is 30.0 Å². The molecule has 2 aromatic rings. The topological polar surface area (TPSA) is 106 Å². The second-order valence-corrected chi connectivity index (χ2v) is 7.68. The van der Waals surface area contributed by atoms with Gasteiger partial charge in [0.15, 0.2) is 5.96 Å². The van der Waals surface area contributed by atoms with E-state index in [1.807, 2.05) is 30.0 Å². The van der Waals surface area contributed by atoms with Crippen LogP contribution in [0.5, 0.6) is 0 Å². The van der Waals surface area contributed by atoms with Crippen LogP contribution in [0.3, 0.4) is 0 Å². The number of hydrogen-bond acceptors (Lipinski definition) is 6. The highest BCUT2D eigenvalue weighted by Gasteiger charge is 2.26. The van der Waals surface area contributed by atoms with E-state index < -0.39 is 5.60 Å². The number of pyridine rings is 1. The zero-order valence-corrected chi connectivity index (χ0v) is 21.0. The van der Waals surface area contributed by atoms with Crippen LogP contribution in [0.2, 0.25) is 0 Å². The number of carbonyl (C=O) groups excluding carboxylic acids is 1. The van der Waals surface area contributed by atoms with E-state index >= 15 is 0 Å². The standard InChI is InChI=1S/C22H32N6O3.HI/c1-3-23-21(26-17-22(2,30)18-7-6-16-31-18)25-11-9-20(29)28-14-12-27(13-15-28)19-8-4-5-10-24-19;/h4-8,10,16,30H,3,9,11-15,17H2,1-2H3,(H2,23,25,26);1H. The number of halogens is 1. The molecule has 1 amide bonds. The van der Waals surface area contributed by atoms with Crippen LogP contribution in [0.25, 0.3) is 0 Å². The lowest BCUT2D eigenvalue weighted by atomic mass is 10.0. The van der Waals surface area contributed by atoms with Crippen LogP contribution in [0, 0.1) is 0 Å². The second kappa shape index (κ2) is 12.6. The monoisotopic (exact) mass is 556 g/mol. The summed E-state index contributed by atoms with van der Waals surface area (Å²) in [4.78, 5) is 25.5. The highest BCUT2D eigenvalue weighted by atomic mass is 127. The van der Waals surface area contributed by atoms with Gasteiger partial charge in [-0.3, -0.25) is 4.79 Å². The first-order chi connectivity index (χ1) is 15.0. The van der Waals surface area contributed by atoms with Crippen molar-refractivity contribution in [3.05, 3.63) is 48.6 Å². The smallest absolute Gasteiger partial charge is 0.224 e. The van der Waals surface area contributed by atoms with Gasteiger partial charge in [0.05, 0.1) is 12.8 Å². The summed E-state index contributed by atoms with van der Waals surface area (Å²) in [6.45, 7) is 7.85. The zero-order chi connectivity index (χ0) is 22.1. The van der Waals surface area contributed by atoms with Gasteiger partial charge in [-0.1, -0.05) is 6.07 Å². The van der Waals surface area contributed by atoms with Gasteiger partial charge in [0.2, 0.25) is 5.91 Å². The van der Waals surface area contributed by atoms with E-state index in [1.165, 1.54) is 6.26 Å². The van der Waals surface area contributed by atoms with Crippen molar-refractivity contribution >= 4 is 41.7 Å². The molecule has 0 aromatic carbocycles. The number of furan rings is 1. The normalized spacial score (nSPS) is 16.2. The molecule has 3 heterocycles. The van der Waals surface area contributed by atoms with Crippen molar-refractivity contribution in [2.45, 2.75) is 25.9 Å². The molecule has 3 N–H and O–H groups in total. The Morgan fingerprint density at radius 3 is 2.62 bits per heavy atom. The Bertz CT molecular complexity index is 837. The molecule has 32 heavy (non-hydrogen) atoms. The van der Waals surface area contributed by atoms with Crippen LogP contribution in [0.15, 0.2) is 52.2 Å². The average molecular weight is 556 g/mol. The van der Waals surface area contributed by atoms with Crippen molar-refractivity contribution < 1.29 is 14.3 Å². The maximum atomic E-state index is 12.6. The molecule has 1 aliphatic rings. The maximum Gasteiger partial charge on any atom is 0.224 e. The molecule has 0 radical (unpaired) electrons. The molecular weight excluding hydrogens is 523 g/mol. The van der Waals surface area contributed by atoms with Gasteiger partial charge in [-0.05, 0) is 38.1 Å². The van der Waals surface area contributed by atoms with Gasteiger partial charge in [0, 0.05) is 51.9 Å². The number of carbonyl (C=O) groups is 1. The summed E-state index contributed by atoms with van der Waals surface area (Å²) >= 11 is 0. The zero-order valence-electron chi connectivity index (χ0n) is 18.7. The van der Waals surface area contributed by atoms with Crippen LogP contribution in [0.4, 0.5) is 5.82 Å². The minimum absolute atomic E-state index is 0. The molecule has 1 unspecified atom stereocenters. The number of piperazine rings is 1. The Balaban J connectivity index is 0.00000363. The lowest BCUT2D eigenvalue weighted by Gasteiger charge is -2.35. The molecule has 0 spiro atoms. The van der Waals surface area contributed by atoms with Gasteiger partial charge in [-0.2, -0.15) is 0 Å². The third-order valence-electron chi connectivity index (χ3n) is 5.18. The van der Waals surface area contributed by atoms with Crippen molar-refractivity contribution in [1.82, 2.24) is 20.5 Å². The van der Waals surface area contributed by atoms with Crippen molar-refractivity contribution in [1.29, 1.82) is 0 Å². The molecule has 10 heteroatoms. The number of hydrogen-bond donors (Lipinski definition) is 3. The predicted octanol–water partition coefficient (Wildman–Crippen LogP) is 1.79. The SMILES string of the molecule is CCNC(=NCC(C)(O)c1ccco1)NCCC(=O)N1CCN(c2ccccn2)CC1.I. The number of nitrogens with one attached hydrogen (secondary N) is 2. The van der Waals surface area contributed by atoms with Gasteiger partial charge in [0.25, 0.3) is 0 Å². The highest BCUT2D eigenvalue weighted by Crippen LogP contribution is 2.21. The summed E-state index contributed by atoms with van der Waals surface area (Å²) in [6, 6.07) is 9.33. The fourth-order valence-electron chi connectivity index (χ4n) is 3.41. The first-order valence-electron chi connectivity index (χ1n) is 10.7. The molecule has 1 saturated heterocycles. The van der Waals surface area contributed by atoms with E-state index in [4.69, 9.17) is 4.42 Å². The van der Waals surface area contributed by atoms with Crippen LogP contribution >= 0.6 is 24.0 Å². The van der Waals surface area contributed by atoms with Gasteiger partial charge in [0.1, 0.15) is 17.2 Å². The molecule has 0 aliphatic carbocycles. The number of aliphatic hydroxyl groups is 1. The summed E-state index contributed by atoms with van der Waals surface area (Å²) in [6.07, 6.45) is 3.69. The Morgan fingerprint density at radius 2 is 2.00 bits per heavy atom. The fourth-order valence-corrected chi connectivity index (χ4v) is 3.41. The minimum atomic E-state index is -1.20. The van der Waals surface area contributed by atoms with Gasteiger partial charge in [-0.25, -0.2) is 9.98 Å². The number of amides is 1. The van der Waals surface area contributed by atoms with Gasteiger partial charge in [-0.15, -0.1) is 24.0 Å². The third kappa shape index (κ3) is 7.37. The number of nitrogens with zero attached hydrogens (tertiary/aromatic N) is 4. The summed E-state index contributed by atoms with van der Waals surface area (Å²) in [7, 11) is 0. The molecule has 2 aromatic heterocycles. The molecule has 1 atom stereocenters. The van der Waals surface area contributed by atoms with E-state index in [1.54, 1.807) is 25.3 Å². The first kappa shape index (κ1) is 25.9. The van der Waals surface area contributed by atoms with Crippen LogP contribution in [-0.4, -0.2) is 72.7 Å². The van der Waals surface area contributed by atoms with E-state index in [0.29, 0.717) is 44.3 Å². The number of anilines is 1. The minimum Gasteiger partial charge on any atom is -0.466 e. The third-order valence-corrected chi connectivity index (χ3v) is 5.18. The summed E-state index contributed by atoms with van der Waals surface area (Å²) in [5.74, 6) is 2.09. The Labute approximate surface area is 206 Å². The van der Waals surface area contributed by atoms with Gasteiger partial charge >= 0.3 is 0 Å². The molecule has 176 valence electrons. The second-order valence-electron chi connectivity index (χ2n) is 7.68. The fraction of sp³-hybridized carbons (Fsp3) is 0.500. The molecule has 9 nitrogen and oxygen atoms in total. The van der Waals surface area contributed by atoms with Crippen LogP contribution < -0.4 is 15.5 Å². The Hall–Kier alpha value is -2.34. The molecule has 1 fully saturated rings. The van der Waals surface area contributed by atoms with Crippen molar-refractivity contribution in [2.24, 2.45) is 4.99 Å². The Morgan fingerprint density at radius 1 is 1.22 bits per heavy atom. The predicted molar refractivity (Wildman–Crippen MR) is 135 cm³/mol. The molecule has 0 saturated carbocycles. The Kier molecular flexibility index (Phi) is 10.2. The van der Waals surface area contributed by atoms with Crippen molar-refractivity contribution in [3.63, 3.8) is 0 Å². The lowest BCUT2D eigenvalue weighted by molar-refractivity contribution is -0.131. The molecule has 3 rings (SSSR count). The van der Waals surface area contributed by atoms with Crippen molar-refractivity contribution in [3.8, 4) is 0 Å². The van der Waals surface area contributed by atoms with Crippen molar-refractivity contribution in [2.75, 3.05) is 50.7 Å². The van der Waals surface area contributed by atoms with E-state index in [9.17, 15) is 9.90 Å². The number of guanidine groups is 1. The number of rotatable bonds is 8. The number of aliphatic imine (C=N–C) groups is 1. The maximum absolute atomic E-state index is 12.6. The first-order valence-corrected chi connectivity index (χ1v) is 10.7. The molecular formula is C22H33IN6O3. The van der Waals surface area contributed by atoms with Crippen LogP contribution in [-0.2, 0) is 10.4 Å². The van der Waals surface area contributed by atoms with E-state index in [-0.39, 0.29) is 36.4 Å². The number of aromatic nitrogens is 1.